The Kier molecular flexibility index (Phi) is 5.99. The summed E-state index contributed by atoms with van der Waals surface area (Å²) in [5, 5.41) is 0.641. The number of benzene rings is 1. The molecule has 32 heavy (non-hydrogen) atoms. The summed E-state index contributed by atoms with van der Waals surface area (Å²) < 4.78 is 1.99. The van der Waals surface area contributed by atoms with Gasteiger partial charge in [-0.05, 0) is 37.1 Å². The summed E-state index contributed by atoms with van der Waals surface area (Å²) in [5.41, 5.74) is 11.1. The molecule has 3 aromatic rings. The number of aromatic nitrogens is 2. The fraction of sp³-hybridized carbons (Fsp3) is 0.320. The summed E-state index contributed by atoms with van der Waals surface area (Å²) in [6, 6.07) is 9.69. The van der Waals surface area contributed by atoms with Crippen LogP contribution in [0.15, 0.2) is 51.9 Å². The zero-order valence-corrected chi connectivity index (χ0v) is 18.8. The molecule has 0 fully saturated rings. The number of nitrogens with zero attached hydrogens (tertiary/aromatic N) is 3. The van der Waals surface area contributed by atoms with E-state index in [0.717, 1.165) is 54.0 Å². The number of carbonyl (C=O) groups excluding carboxylic acids is 1. The summed E-state index contributed by atoms with van der Waals surface area (Å²) in [6.07, 6.45) is 5.72. The molecule has 7 heteroatoms. The van der Waals surface area contributed by atoms with Gasteiger partial charge >= 0.3 is 0 Å². The maximum absolute atomic E-state index is 13.2. The predicted molar refractivity (Wildman–Crippen MR) is 130 cm³/mol. The molecule has 1 amide bonds. The third-order valence-electron chi connectivity index (χ3n) is 5.82. The van der Waals surface area contributed by atoms with Crippen LogP contribution in [0.3, 0.4) is 0 Å². The van der Waals surface area contributed by atoms with Gasteiger partial charge in [-0.1, -0.05) is 26.0 Å². The average Bonchev–Trinajstić information content (AvgIpc) is 3.01. The molecule has 0 aliphatic carbocycles. The van der Waals surface area contributed by atoms with Gasteiger partial charge in [-0.2, -0.15) is 0 Å². The van der Waals surface area contributed by atoms with Gasteiger partial charge in [0.15, 0.2) is 0 Å². The van der Waals surface area contributed by atoms with Gasteiger partial charge in [-0.3, -0.25) is 9.59 Å². The first kappa shape index (κ1) is 21.6. The molecule has 0 atom stereocenters. The maximum atomic E-state index is 13.2. The van der Waals surface area contributed by atoms with E-state index in [1.807, 2.05) is 52.9 Å². The summed E-state index contributed by atoms with van der Waals surface area (Å²) >= 11 is 0. The van der Waals surface area contributed by atoms with Crippen LogP contribution < -0.4 is 11.3 Å². The highest BCUT2D eigenvalue weighted by molar-refractivity contribution is 6.05. The SMILES string of the molecule is CCCN(CCC)C(=O)C1=Cc2ccc(-c3cc4c(=O)[nH]ccc4n3C)cc2N=C(N)C1. The molecule has 0 unspecified atom stereocenters. The number of nitrogens with one attached hydrogen (secondary N) is 1. The average molecular weight is 432 g/mol. The Hall–Kier alpha value is -3.61. The first-order valence-electron chi connectivity index (χ1n) is 11.1. The second-order valence-electron chi connectivity index (χ2n) is 8.21. The van der Waals surface area contributed by atoms with Crippen molar-refractivity contribution in [2.45, 2.75) is 33.1 Å². The number of hydrogen-bond acceptors (Lipinski definition) is 4. The lowest BCUT2D eigenvalue weighted by molar-refractivity contribution is -0.127. The number of carbonyl (C=O) groups is 1. The van der Waals surface area contributed by atoms with Gasteiger partial charge in [0.25, 0.3) is 5.56 Å². The number of pyridine rings is 1. The van der Waals surface area contributed by atoms with Gasteiger partial charge in [0.05, 0.1) is 16.6 Å². The minimum atomic E-state index is -0.115. The third kappa shape index (κ3) is 3.98. The molecule has 0 radical (unpaired) electrons. The molecule has 3 N–H and O–H groups in total. The summed E-state index contributed by atoms with van der Waals surface area (Å²) in [4.78, 5) is 34.6. The van der Waals surface area contributed by atoms with Gasteiger partial charge in [-0.15, -0.1) is 0 Å². The van der Waals surface area contributed by atoms with E-state index in [-0.39, 0.29) is 11.5 Å². The van der Waals surface area contributed by atoms with Crippen molar-refractivity contribution in [2.75, 3.05) is 13.1 Å². The van der Waals surface area contributed by atoms with Crippen molar-refractivity contribution in [3.05, 3.63) is 58.0 Å². The Labute approximate surface area is 187 Å². The van der Waals surface area contributed by atoms with E-state index in [9.17, 15) is 9.59 Å². The molecule has 1 aliphatic rings. The number of nitrogens with two attached hydrogens (primary N) is 1. The van der Waals surface area contributed by atoms with E-state index in [4.69, 9.17) is 5.73 Å². The molecular formula is C25H29N5O2. The fourth-order valence-electron chi connectivity index (χ4n) is 4.30. The van der Waals surface area contributed by atoms with E-state index >= 15 is 0 Å². The third-order valence-corrected chi connectivity index (χ3v) is 5.82. The van der Waals surface area contributed by atoms with Crippen molar-refractivity contribution >= 4 is 34.4 Å². The highest BCUT2D eigenvalue weighted by Gasteiger charge is 2.21. The van der Waals surface area contributed by atoms with Crippen LogP contribution in [0.1, 0.15) is 38.7 Å². The van der Waals surface area contributed by atoms with Crippen LogP contribution in [0.25, 0.3) is 28.2 Å². The molecule has 0 saturated carbocycles. The van der Waals surface area contributed by atoms with E-state index < -0.39 is 0 Å². The lowest BCUT2D eigenvalue weighted by atomic mass is 10.0. The molecule has 4 rings (SSSR count). The van der Waals surface area contributed by atoms with Gasteiger partial charge in [-0.25, -0.2) is 4.99 Å². The number of amidine groups is 1. The molecule has 7 nitrogen and oxygen atoms in total. The first-order valence-corrected chi connectivity index (χ1v) is 11.1. The van der Waals surface area contributed by atoms with Crippen LogP contribution in [0.2, 0.25) is 0 Å². The minimum Gasteiger partial charge on any atom is -0.387 e. The van der Waals surface area contributed by atoms with E-state index in [1.54, 1.807) is 6.20 Å². The van der Waals surface area contributed by atoms with Gasteiger partial charge < -0.3 is 20.2 Å². The summed E-state index contributed by atoms with van der Waals surface area (Å²) in [5.74, 6) is 0.443. The zero-order valence-electron chi connectivity index (χ0n) is 18.8. The van der Waals surface area contributed by atoms with Gasteiger partial charge in [0.2, 0.25) is 5.91 Å². The van der Waals surface area contributed by atoms with E-state index in [2.05, 4.69) is 23.8 Å². The number of aromatic amines is 1. The number of fused-ring (bicyclic) bond motifs is 2. The first-order chi connectivity index (χ1) is 15.4. The molecule has 2 aromatic heterocycles. The summed E-state index contributed by atoms with van der Waals surface area (Å²) in [7, 11) is 1.94. The van der Waals surface area contributed by atoms with E-state index in [1.165, 1.54) is 0 Å². The van der Waals surface area contributed by atoms with Gasteiger partial charge in [0.1, 0.15) is 5.84 Å². The van der Waals surface area contributed by atoms with Gasteiger partial charge in [0, 0.05) is 55.1 Å². The normalized spacial score (nSPS) is 13.3. The van der Waals surface area contributed by atoms with Crippen molar-refractivity contribution in [1.82, 2.24) is 14.5 Å². The van der Waals surface area contributed by atoms with Crippen LogP contribution in [0, 0.1) is 0 Å². The standard InChI is InChI=1S/C25H29N5O2/c1-4-10-30(11-5-2)25(32)18-12-16-6-7-17(13-20(16)28-23(26)14-18)22-15-19-21(29(22)3)8-9-27-24(19)31/h6-9,12-13,15H,4-5,10-11,14H2,1-3H3,(H2,26,28)(H,27,31). The number of H-pyrrole nitrogens is 1. The summed E-state index contributed by atoms with van der Waals surface area (Å²) in [6.45, 7) is 5.61. The molecular weight excluding hydrogens is 402 g/mol. The Morgan fingerprint density at radius 2 is 1.94 bits per heavy atom. The largest absolute Gasteiger partial charge is 0.387 e. The number of amides is 1. The molecule has 166 valence electrons. The second-order valence-corrected chi connectivity index (χ2v) is 8.21. The Morgan fingerprint density at radius 1 is 1.19 bits per heavy atom. The van der Waals surface area contributed by atoms with Crippen molar-refractivity contribution in [1.29, 1.82) is 0 Å². The van der Waals surface area contributed by atoms with E-state index in [0.29, 0.717) is 23.2 Å². The van der Waals surface area contributed by atoms with Crippen molar-refractivity contribution in [2.24, 2.45) is 17.8 Å². The molecule has 0 bridgehead atoms. The number of aliphatic imine (C=N–C) groups is 1. The number of rotatable bonds is 6. The monoisotopic (exact) mass is 431 g/mol. The zero-order chi connectivity index (χ0) is 22.8. The smallest absolute Gasteiger partial charge is 0.257 e. The number of hydrogen-bond donors (Lipinski definition) is 2. The lowest BCUT2D eigenvalue weighted by Crippen LogP contribution is -2.34. The molecule has 1 aromatic carbocycles. The topological polar surface area (TPSA) is 96.5 Å². The van der Waals surface area contributed by atoms with Crippen LogP contribution in [-0.4, -0.2) is 39.3 Å². The Bertz CT molecular complexity index is 1290. The molecule has 0 saturated heterocycles. The molecule has 0 spiro atoms. The van der Waals surface area contributed by atoms with Crippen LogP contribution in [0.4, 0.5) is 5.69 Å². The Balaban J connectivity index is 1.76. The maximum Gasteiger partial charge on any atom is 0.257 e. The highest BCUT2D eigenvalue weighted by atomic mass is 16.2. The fourth-order valence-corrected chi connectivity index (χ4v) is 4.30. The highest BCUT2D eigenvalue weighted by Crippen LogP contribution is 2.33. The second kappa shape index (κ2) is 8.86. The van der Waals surface area contributed by atoms with Crippen LogP contribution in [0.5, 0.6) is 0 Å². The molecule has 3 heterocycles. The molecule has 1 aliphatic heterocycles. The minimum absolute atomic E-state index is 0.0247. The number of aryl methyl sites for hydroxylation is 1. The van der Waals surface area contributed by atoms with Crippen LogP contribution in [-0.2, 0) is 11.8 Å². The lowest BCUT2D eigenvalue weighted by Gasteiger charge is -2.22. The quantitative estimate of drug-likeness (QED) is 0.618. The van der Waals surface area contributed by atoms with Crippen molar-refractivity contribution in [3.8, 4) is 11.3 Å². The van der Waals surface area contributed by atoms with Crippen LogP contribution >= 0.6 is 0 Å². The van der Waals surface area contributed by atoms with Crippen molar-refractivity contribution < 1.29 is 4.79 Å². The predicted octanol–water partition coefficient (Wildman–Crippen LogP) is 3.96. The Morgan fingerprint density at radius 3 is 2.62 bits per heavy atom. The van der Waals surface area contributed by atoms with Crippen molar-refractivity contribution in [3.63, 3.8) is 0 Å².